The molecule has 1 aliphatic rings. The lowest BCUT2D eigenvalue weighted by atomic mass is 10.1. The molecule has 1 aliphatic carbocycles. The van der Waals surface area contributed by atoms with Crippen molar-refractivity contribution in [2.24, 2.45) is 0 Å². The van der Waals surface area contributed by atoms with E-state index in [0.717, 1.165) is 35.3 Å². The quantitative estimate of drug-likeness (QED) is 0.496. The number of carbonyl (C=O) groups excluding carboxylic acids is 2. The zero-order chi connectivity index (χ0) is 22.2. The Hall–Kier alpha value is -3.86. The third-order valence-corrected chi connectivity index (χ3v) is 5.15. The van der Waals surface area contributed by atoms with Crippen LogP contribution in [0.2, 0.25) is 0 Å². The molecule has 0 unspecified atom stereocenters. The summed E-state index contributed by atoms with van der Waals surface area (Å²) in [5.41, 5.74) is 3.58. The molecule has 32 heavy (non-hydrogen) atoms. The van der Waals surface area contributed by atoms with Crippen molar-refractivity contribution in [1.82, 2.24) is 10.6 Å². The van der Waals surface area contributed by atoms with Gasteiger partial charge in [0.15, 0.2) is 0 Å². The molecule has 0 atom stereocenters. The zero-order valence-corrected chi connectivity index (χ0v) is 17.8. The predicted octanol–water partition coefficient (Wildman–Crippen LogP) is 4.49. The molecular weight excluding hydrogens is 400 g/mol. The summed E-state index contributed by atoms with van der Waals surface area (Å²) in [4.78, 5) is 24.2. The summed E-state index contributed by atoms with van der Waals surface area (Å²) in [6.45, 7) is 0.948. The number of hydrogen-bond donors (Lipinski definition) is 2. The van der Waals surface area contributed by atoms with E-state index in [2.05, 4.69) is 10.6 Å². The first-order valence-electron chi connectivity index (χ1n) is 10.8. The van der Waals surface area contributed by atoms with E-state index in [1.54, 1.807) is 18.2 Å². The first-order valence-corrected chi connectivity index (χ1v) is 10.8. The summed E-state index contributed by atoms with van der Waals surface area (Å²) in [6, 6.07) is 25.2. The molecule has 2 N–H and O–H groups in total. The third kappa shape index (κ3) is 6.57. The van der Waals surface area contributed by atoms with Crippen LogP contribution >= 0.6 is 0 Å². The summed E-state index contributed by atoms with van der Waals surface area (Å²) < 4.78 is 5.74. The first kappa shape index (κ1) is 21.4. The normalized spacial score (nSPS) is 13.0. The topological polar surface area (TPSA) is 67.4 Å². The molecule has 0 aliphatic heterocycles. The number of para-hydroxylation sites is 1. The van der Waals surface area contributed by atoms with E-state index < -0.39 is 0 Å². The van der Waals surface area contributed by atoms with Crippen molar-refractivity contribution in [2.75, 3.05) is 0 Å². The smallest absolute Gasteiger partial charge is 0.251 e. The second-order valence-corrected chi connectivity index (χ2v) is 7.84. The van der Waals surface area contributed by atoms with Crippen LogP contribution in [0.15, 0.2) is 84.9 Å². The standard InChI is InChI=1S/C27H26N2O3/c30-26(17-12-20-10-13-23(14-11-20)27(31)29-24-15-16-24)28-18-21-6-8-22(9-7-21)19-32-25-4-2-1-3-5-25/h1-14,17,24H,15-16,18-19H2,(H,28,30)(H,29,31)/b17-12+. The van der Waals surface area contributed by atoms with Crippen molar-refractivity contribution in [2.45, 2.75) is 32.0 Å². The Labute approximate surface area is 188 Å². The van der Waals surface area contributed by atoms with Crippen LogP contribution in [0.25, 0.3) is 6.08 Å². The molecule has 162 valence electrons. The number of amides is 2. The molecule has 5 heteroatoms. The van der Waals surface area contributed by atoms with Crippen molar-refractivity contribution in [3.8, 4) is 5.75 Å². The fourth-order valence-corrected chi connectivity index (χ4v) is 3.10. The van der Waals surface area contributed by atoms with Gasteiger partial charge in [-0.2, -0.15) is 0 Å². The van der Waals surface area contributed by atoms with Gasteiger partial charge >= 0.3 is 0 Å². The lowest BCUT2D eigenvalue weighted by Gasteiger charge is -2.07. The lowest BCUT2D eigenvalue weighted by molar-refractivity contribution is -0.116. The molecular formula is C27H26N2O3. The average molecular weight is 427 g/mol. The molecule has 4 rings (SSSR count). The number of hydrogen-bond acceptors (Lipinski definition) is 3. The predicted molar refractivity (Wildman–Crippen MR) is 125 cm³/mol. The van der Waals surface area contributed by atoms with Crippen LogP contribution in [-0.2, 0) is 17.9 Å². The Balaban J connectivity index is 1.21. The number of rotatable bonds is 9. The highest BCUT2D eigenvalue weighted by Gasteiger charge is 2.23. The van der Waals surface area contributed by atoms with Crippen LogP contribution in [-0.4, -0.2) is 17.9 Å². The van der Waals surface area contributed by atoms with Gasteiger partial charge in [-0.1, -0.05) is 54.6 Å². The maximum Gasteiger partial charge on any atom is 0.251 e. The van der Waals surface area contributed by atoms with Gasteiger partial charge in [0.2, 0.25) is 5.91 Å². The summed E-state index contributed by atoms with van der Waals surface area (Å²) in [5.74, 6) is 0.627. The minimum Gasteiger partial charge on any atom is -0.489 e. The van der Waals surface area contributed by atoms with E-state index in [4.69, 9.17) is 4.74 Å². The van der Waals surface area contributed by atoms with Gasteiger partial charge in [-0.05, 0) is 59.9 Å². The van der Waals surface area contributed by atoms with Gasteiger partial charge in [0.25, 0.3) is 5.91 Å². The number of benzene rings is 3. The highest BCUT2D eigenvalue weighted by atomic mass is 16.5. The van der Waals surface area contributed by atoms with Gasteiger partial charge in [-0.3, -0.25) is 9.59 Å². The first-order chi connectivity index (χ1) is 15.7. The number of ether oxygens (including phenoxy) is 1. The summed E-state index contributed by atoms with van der Waals surface area (Å²) in [7, 11) is 0. The second-order valence-electron chi connectivity index (χ2n) is 7.84. The molecule has 0 radical (unpaired) electrons. The van der Waals surface area contributed by atoms with Crippen molar-refractivity contribution >= 4 is 17.9 Å². The summed E-state index contributed by atoms with van der Waals surface area (Å²) in [6.07, 6.45) is 5.37. The molecule has 3 aromatic rings. The fraction of sp³-hybridized carbons (Fsp3) is 0.185. The van der Waals surface area contributed by atoms with Crippen LogP contribution in [0.3, 0.4) is 0 Å². The van der Waals surface area contributed by atoms with Crippen LogP contribution in [0.4, 0.5) is 0 Å². The SMILES string of the molecule is O=C(/C=C/c1ccc(C(=O)NC2CC2)cc1)NCc1ccc(COc2ccccc2)cc1. The maximum absolute atomic E-state index is 12.1. The van der Waals surface area contributed by atoms with E-state index in [9.17, 15) is 9.59 Å². The van der Waals surface area contributed by atoms with E-state index in [1.165, 1.54) is 6.08 Å². The molecule has 3 aromatic carbocycles. The van der Waals surface area contributed by atoms with Crippen LogP contribution < -0.4 is 15.4 Å². The molecule has 2 amide bonds. The Morgan fingerprint density at radius 2 is 1.56 bits per heavy atom. The van der Waals surface area contributed by atoms with Crippen LogP contribution in [0.1, 0.15) is 39.9 Å². The number of nitrogens with one attached hydrogen (secondary N) is 2. The summed E-state index contributed by atoms with van der Waals surface area (Å²) >= 11 is 0. The van der Waals surface area contributed by atoms with Gasteiger partial charge in [-0.25, -0.2) is 0 Å². The molecule has 0 bridgehead atoms. The van der Waals surface area contributed by atoms with Crippen molar-refractivity contribution in [3.63, 3.8) is 0 Å². The van der Waals surface area contributed by atoms with Gasteiger partial charge in [0.05, 0.1) is 0 Å². The Morgan fingerprint density at radius 3 is 2.25 bits per heavy atom. The van der Waals surface area contributed by atoms with Gasteiger partial charge < -0.3 is 15.4 Å². The van der Waals surface area contributed by atoms with Crippen molar-refractivity contribution in [1.29, 1.82) is 0 Å². The molecule has 1 saturated carbocycles. The van der Waals surface area contributed by atoms with Crippen LogP contribution in [0.5, 0.6) is 5.75 Å². The van der Waals surface area contributed by atoms with Gasteiger partial charge in [0, 0.05) is 24.2 Å². The van der Waals surface area contributed by atoms with Gasteiger partial charge in [-0.15, -0.1) is 0 Å². The van der Waals surface area contributed by atoms with Crippen LogP contribution in [0, 0.1) is 0 Å². The Kier molecular flexibility index (Phi) is 6.98. The summed E-state index contributed by atoms with van der Waals surface area (Å²) in [5, 5.41) is 5.85. The fourth-order valence-electron chi connectivity index (χ4n) is 3.10. The Bertz CT molecular complexity index is 1070. The lowest BCUT2D eigenvalue weighted by Crippen LogP contribution is -2.25. The zero-order valence-electron chi connectivity index (χ0n) is 17.8. The highest BCUT2D eigenvalue weighted by molar-refractivity contribution is 5.95. The highest BCUT2D eigenvalue weighted by Crippen LogP contribution is 2.19. The van der Waals surface area contributed by atoms with Crippen molar-refractivity contribution < 1.29 is 14.3 Å². The molecule has 0 heterocycles. The van der Waals surface area contributed by atoms with Crippen molar-refractivity contribution in [3.05, 3.63) is 107 Å². The van der Waals surface area contributed by atoms with E-state index in [0.29, 0.717) is 24.8 Å². The van der Waals surface area contributed by atoms with E-state index in [-0.39, 0.29) is 11.8 Å². The third-order valence-electron chi connectivity index (χ3n) is 5.15. The maximum atomic E-state index is 12.1. The molecule has 5 nitrogen and oxygen atoms in total. The molecule has 0 aromatic heterocycles. The molecule has 1 fully saturated rings. The molecule has 0 spiro atoms. The largest absolute Gasteiger partial charge is 0.489 e. The average Bonchev–Trinajstić information content (AvgIpc) is 3.65. The minimum absolute atomic E-state index is 0.0431. The minimum atomic E-state index is -0.169. The van der Waals surface area contributed by atoms with E-state index >= 15 is 0 Å². The monoisotopic (exact) mass is 426 g/mol. The van der Waals surface area contributed by atoms with E-state index in [1.807, 2.05) is 66.7 Å². The second kappa shape index (κ2) is 10.4. The molecule has 0 saturated heterocycles. The number of carbonyl (C=O) groups is 2. The van der Waals surface area contributed by atoms with Gasteiger partial charge in [0.1, 0.15) is 12.4 Å². The Morgan fingerprint density at radius 1 is 0.875 bits per heavy atom.